The largest absolute Gasteiger partial charge is 0.422 e. The monoisotopic (exact) mass is 648 g/mol. The van der Waals surface area contributed by atoms with Gasteiger partial charge in [0.05, 0.1) is 12.7 Å². The van der Waals surface area contributed by atoms with E-state index in [4.69, 9.17) is 9.47 Å². The molecule has 4 rings (SSSR count). The minimum absolute atomic E-state index is 0.251. The average molecular weight is 649 g/mol. The van der Waals surface area contributed by atoms with Crippen molar-refractivity contribution in [1.29, 1.82) is 0 Å². The summed E-state index contributed by atoms with van der Waals surface area (Å²) >= 11 is 0. The Bertz CT molecular complexity index is 1020. The van der Waals surface area contributed by atoms with E-state index >= 15 is 0 Å². The third kappa shape index (κ3) is 11.3. The Morgan fingerprint density at radius 3 is 1.87 bits per heavy atom. The van der Waals surface area contributed by atoms with Crippen LogP contribution in [0.4, 0.5) is 30.7 Å². The standard InChI is InChI=1S/C36H51F7O2/c1-2-3-4-5-6-7-28-18-21-33(44-24-28)36(42,43)45-30-19-16-27(17-20-30)13-12-25-8-10-26(11-9-25)14-15-29-22-31(37)34(32(38)23-29)35(39,40)41/h12-13,22-23,25-28,30,33H,2-11,14-21,24H2,1H3/b13-12+. The highest BCUT2D eigenvalue weighted by atomic mass is 19.4. The third-order valence-corrected chi connectivity index (χ3v) is 10.3. The Morgan fingerprint density at radius 2 is 1.31 bits per heavy atom. The maximum Gasteiger partial charge on any atom is 0.422 e. The van der Waals surface area contributed by atoms with Crippen LogP contribution in [0.2, 0.25) is 0 Å². The zero-order valence-electron chi connectivity index (χ0n) is 26.7. The van der Waals surface area contributed by atoms with Gasteiger partial charge in [0, 0.05) is 0 Å². The maximum absolute atomic E-state index is 14.9. The number of hydrogen-bond donors (Lipinski definition) is 0. The van der Waals surface area contributed by atoms with E-state index in [-0.39, 0.29) is 5.56 Å². The molecule has 1 aromatic rings. The van der Waals surface area contributed by atoms with Crippen LogP contribution < -0.4 is 0 Å². The number of halogens is 7. The van der Waals surface area contributed by atoms with E-state index in [0.717, 1.165) is 69.9 Å². The number of allylic oxidation sites excluding steroid dienone is 2. The number of hydrogen-bond acceptors (Lipinski definition) is 2. The zero-order chi connectivity index (χ0) is 32.5. The van der Waals surface area contributed by atoms with Crippen molar-refractivity contribution in [1.82, 2.24) is 0 Å². The van der Waals surface area contributed by atoms with Gasteiger partial charge in [-0.05, 0) is 125 Å². The molecule has 1 heterocycles. The van der Waals surface area contributed by atoms with Gasteiger partial charge in [-0.25, -0.2) is 8.78 Å². The van der Waals surface area contributed by atoms with Crippen molar-refractivity contribution < 1.29 is 40.2 Å². The normalized spacial score (nSPS) is 28.5. The molecule has 9 heteroatoms. The van der Waals surface area contributed by atoms with Gasteiger partial charge < -0.3 is 9.47 Å². The van der Waals surface area contributed by atoms with Crippen LogP contribution in [-0.2, 0) is 22.1 Å². The predicted molar refractivity (Wildman–Crippen MR) is 162 cm³/mol. The molecular weight excluding hydrogens is 597 g/mol. The minimum atomic E-state index is -5.05. The van der Waals surface area contributed by atoms with Crippen molar-refractivity contribution in [3.63, 3.8) is 0 Å². The Kier molecular flexibility index (Phi) is 13.7. The van der Waals surface area contributed by atoms with Gasteiger partial charge in [0.15, 0.2) is 0 Å². The van der Waals surface area contributed by atoms with Crippen LogP contribution in [0.25, 0.3) is 0 Å². The number of aryl methyl sites for hydroxylation is 1. The predicted octanol–water partition coefficient (Wildman–Crippen LogP) is 11.6. The van der Waals surface area contributed by atoms with Crippen LogP contribution in [0.3, 0.4) is 0 Å². The molecule has 0 N–H and O–H groups in total. The van der Waals surface area contributed by atoms with E-state index in [0.29, 0.717) is 62.4 Å². The maximum atomic E-state index is 14.9. The first kappa shape index (κ1) is 36.2. The first-order valence-electron chi connectivity index (χ1n) is 17.3. The summed E-state index contributed by atoms with van der Waals surface area (Å²) in [5.41, 5.74) is -1.58. The van der Waals surface area contributed by atoms with E-state index < -0.39 is 41.7 Å². The summed E-state index contributed by atoms with van der Waals surface area (Å²) < 4.78 is 107. The first-order valence-corrected chi connectivity index (χ1v) is 17.3. The summed E-state index contributed by atoms with van der Waals surface area (Å²) in [6.07, 6.45) is 10.6. The summed E-state index contributed by atoms with van der Waals surface area (Å²) in [6, 6.07) is 1.61. The second-order valence-corrected chi connectivity index (χ2v) is 13.8. The Balaban J connectivity index is 1.10. The van der Waals surface area contributed by atoms with Crippen LogP contribution in [0.1, 0.15) is 127 Å². The van der Waals surface area contributed by atoms with Crippen LogP contribution >= 0.6 is 0 Å². The fourth-order valence-electron chi connectivity index (χ4n) is 7.43. The van der Waals surface area contributed by atoms with Crippen LogP contribution in [0.5, 0.6) is 0 Å². The lowest BCUT2D eigenvalue weighted by atomic mass is 9.78. The summed E-state index contributed by atoms with van der Waals surface area (Å²) in [6.45, 7) is 2.59. The molecule has 256 valence electrons. The number of rotatable bonds is 14. The van der Waals surface area contributed by atoms with Crippen molar-refractivity contribution in [2.45, 2.75) is 147 Å². The highest BCUT2D eigenvalue weighted by Crippen LogP contribution is 2.39. The molecule has 0 amide bonds. The number of unbranched alkanes of at least 4 members (excludes halogenated alkanes) is 4. The van der Waals surface area contributed by atoms with Crippen molar-refractivity contribution in [2.24, 2.45) is 23.7 Å². The molecule has 1 aliphatic heterocycles. The van der Waals surface area contributed by atoms with Crippen molar-refractivity contribution in [3.05, 3.63) is 47.0 Å². The summed E-state index contributed by atoms with van der Waals surface area (Å²) in [5.74, 6) is -1.59. The van der Waals surface area contributed by atoms with E-state index in [2.05, 4.69) is 19.1 Å². The minimum Gasteiger partial charge on any atom is -0.369 e. The van der Waals surface area contributed by atoms with Gasteiger partial charge in [0.25, 0.3) is 0 Å². The topological polar surface area (TPSA) is 18.5 Å². The summed E-state index contributed by atoms with van der Waals surface area (Å²) in [4.78, 5) is 0. The molecule has 2 unspecified atom stereocenters. The van der Waals surface area contributed by atoms with Gasteiger partial charge in [0.2, 0.25) is 0 Å². The lowest BCUT2D eigenvalue weighted by Gasteiger charge is -2.36. The van der Waals surface area contributed by atoms with Gasteiger partial charge in [-0.15, -0.1) is 0 Å². The average Bonchev–Trinajstić information content (AvgIpc) is 2.99. The number of ether oxygens (including phenoxy) is 2. The third-order valence-electron chi connectivity index (χ3n) is 10.3. The fraction of sp³-hybridized carbons (Fsp3) is 0.778. The summed E-state index contributed by atoms with van der Waals surface area (Å²) in [7, 11) is 0. The molecule has 3 fully saturated rings. The highest BCUT2D eigenvalue weighted by molar-refractivity contribution is 5.28. The van der Waals surface area contributed by atoms with Crippen molar-refractivity contribution in [2.75, 3.05) is 6.61 Å². The molecule has 1 aromatic carbocycles. The molecule has 0 bridgehead atoms. The Hall–Kier alpha value is -1.61. The first-order chi connectivity index (χ1) is 21.4. The summed E-state index contributed by atoms with van der Waals surface area (Å²) in [5, 5.41) is 0. The van der Waals surface area contributed by atoms with Gasteiger partial charge in [0.1, 0.15) is 23.3 Å². The molecule has 1 saturated heterocycles. The number of benzene rings is 1. The second-order valence-electron chi connectivity index (χ2n) is 13.8. The quantitative estimate of drug-likeness (QED) is 0.114. The fourth-order valence-corrected chi connectivity index (χ4v) is 7.43. The van der Waals surface area contributed by atoms with Crippen LogP contribution in [-0.4, -0.2) is 24.9 Å². The molecule has 0 radical (unpaired) electrons. The molecule has 3 aliphatic rings. The van der Waals surface area contributed by atoms with E-state index in [9.17, 15) is 30.7 Å². The highest BCUT2D eigenvalue weighted by Gasteiger charge is 2.46. The second kappa shape index (κ2) is 17.0. The Labute approximate surface area is 264 Å². The molecular formula is C36H51F7O2. The van der Waals surface area contributed by atoms with E-state index in [1.807, 2.05) is 0 Å². The SMILES string of the molecule is CCCCCCCC1CCC(C(F)(F)OC2CCC(/C=C/C3CCC(CCc4cc(F)c(C(F)(F)F)c(F)c4)CC3)CC2)OC1. The number of alkyl halides is 5. The van der Waals surface area contributed by atoms with Gasteiger partial charge in [-0.3, -0.25) is 0 Å². The molecule has 0 aromatic heterocycles. The Morgan fingerprint density at radius 1 is 0.733 bits per heavy atom. The van der Waals surface area contributed by atoms with Gasteiger partial charge >= 0.3 is 12.3 Å². The smallest absolute Gasteiger partial charge is 0.369 e. The van der Waals surface area contributed by atoms with Gasteiger partial charge in [-0.2, -0.15) is 22.0 Å². The van der Waals surface area contributed by atoms with E-state index in [1.165, 1.54) is 25.7 Å². The lowest BCUT2D eigenvalue weighted by molar-refractivity contribution is -0.326. The zero-order valence-corrected chi connectivity index (χ0v) is 26.7. The molecule has 0 spiro atoms. The molecule has 2 nitrogen and oxygen atoms in total. The molecule has 45 heavy (non-hydrogen) atoms. The van der Waals surface area contributed by atoms with Crippen LogP contribution in [0, 0.1) is 35.3 Å². The molecule has 2 atom stereocenters. The van der Waals surface area contributed by atoms with Crippen LogP contribution in [0.15, 0.2) is 24.3 Å². The van der Waals surface area contributed by atoms with Crippen molar-refractivity contribution in [3.8, 4) is 0 Å². The molecule has 2 aliphatic carbocycles. The van der Waals surface area contributed by atoms with E-state index in [1.54, 1.807) is 0 Å². The lowest BCUT2D eigenvalue weighted by Crippen LogP contribution is -2.45. The molecule has 2 saturated carbocycles. The van der Waals surface area contributed by atoms with Crippen molar-refractivity contribution >= 4 is 0 Å². The van der Waals surface area contributed by atoms with Gasteiger partial charge in [-0.1, -0.05) is 51.2 Å².